The van der Waals surface area contributed by atoms with Crippen LogP contribution in [0.5, 0.6) is 0 Å². The molecular weight excluding hydrogens is 151 g/mol. The van der Waals surface area contributed by atoms with Crippen LogP contribution in [0.4, 0.5) is 4.79 Å². The summed E-state index contributed by atoms with van der Waals surface area (Å²) in [6.07, 6.45) is 3.33. The van der Waals surface area contributed by atoms with E-state index in [4.69, 9.17) is 4.74 Å². The maximum Gasteiger partial charge on any atom is 0.243 e. The van der Waals surface area contributed by atoms with E-state index in [2.05, 4.69) is 20.8 Å². The van der Waals surface area contributed by atoms with Crippen LogP contribution in [0.1, 0.15) is 40.0 Å². The van der Waals surface area contributed by atoms with Crippen LogP contribution < -0.4 is 0 Å². The average molecular weight is 170 g/mol. The molecule has 0 aliphatic carbocycles. The molecule has 70 valence electrons. The summed E-state index contributed by atoms with van der Waals surface area (Å²) in [5.41, 5.74) is 0.181. The summed E-state index contributed by atoms with van der Waals surface area (Å²) in [4.78, 5) is 10.6. The first-order valence-corrected chi connectivity index (χ1v) is 4.67. The van der Waals surface area contributed by atoms with E-state index in [0.717, 1.165) is 19.3 Å². The fourth-order valence-electron chi connectivity index (χ4n) is 1.23. The molecule has 0 bridgehead atoms. The fourth-order valence-corrected chi connectivity index (χ4v) is 1.23. The number of carbonyl (C=O) groups excluding carboxylic acids is 1. The van der Waals surface area contributed by atoms with Crippen molar-refractivity contribution in [1.82, 2.24) is 0 Å². The van der Waals surface area contributed by atoms with Crippen molar-refractivity contribution < 1.29 is 9.53 Å². The standard InChI is InChI=1S/C9H19BO2/c1-4-6-9(3,5-2)7-12-8(10)11/h4-7,10H2,1-3H3. The Kier molecular flexibility index (Phi) is 5.03. The smallest absolute Gasteiger partial charge is 0.243 e. The number of carbonyl (C=O) groups is 1. The molecule has 0 N–H and O–H groups in total. The highest BCUT2D eigenvalue weighted by molar-refractivity contribution is 6.55. The van der Waals surface area contributed by atoms with Gasteiger partial charge in [0.25, 0.3) is 0 Å². The lowest BCUT2D eigenvalue weighted by molar-refractivity contribution is 0.0997. The molecule has 0 aromatic heterocycles. The summed E-state index contributed by atoms with van der Waals surface area (Å²) in [7, 11) is 1.46. The Hall–Kier alpha value is -0.465. The lowest BCUT2D eigenvalue weighted by Gasteiger charge is -2.26. The SMILES string of the molecule is BC(=O)OCC(C)(CC)CCC. The van der Waals surface area contributed by atoms with Crippen LogP contribution in [-0.2, 0) is 4.74 Å². The number of rotatable bonds is 5. The molecule has 0 aromatic carbocycles. The Balaban J connectivity index is 3.86. The zero-order valence-electron chi connectivity index (χ0n) is 8.64. The van der Waals surface area contributed by atoms with E-state index in [1.807, 2.05) is 0 Å². The van der Waals surface area contributed by atoms with Crippen molar-refractivity contribution in [3.63, 3.8) is 0 Å². The molecule has 1 atom stereocenters. The molecule has 0 radical (unpaired) electrons. The van der Waals surface area contributed by atoms with Gasteiger partial charge < -0.3 is 4.74 Å². The van der Waals surface area contributed by atoms with Crippen molar-refractivity contribution in [3.05, 3.63) is 0 Å². The van der Waals surface area contributed by atoms with Gasteiger partial charge in [0.05, 0.1) is 6.61 Å². The molecule has 0 saturated heterocycles. The van der Waals surface area contributed by atoms with E-state index < -0.39 is 0 Å². The highest BCUT2D eigenvalue weighted by atomic mass is 16.5. The van der Waals surface area contributed by atoms with Crippen molar-refractivity contribution in [3.8, 4) is 0 Å². The predicted octanol–water partition coefficient (Wildman–Crippen LogP) is 1.97. The van der Waals surface area contributed by atoms with Gasteiger partial charge >= 0.3 is 0 Å². The van der Waals surface area contributed by atoms with Gasteiger partial charge in [-0.15, -0.1) is 0 Å². The second-order valence-corrected chi connectivity index (χ2v) is 3.69. The molecule has 0 aliphatic rings. The molecule has 0 fully saturated rings. The summed E-state index contributed by atoms with van der Waals surface area (Å²) < 4.78 is 5.01. The molecule has 0 heterocycles. The molecule has 2 nitrogen and oxygen atoms in total. The molecule has 1 unspecified atom stereocenters. The zero-order valence-corrected chi connectivity index (χ0v) is 8.64. The minimum atomic E-state index is -0.175. The normalized spacial score (nSPS) is 15.2. The minimum absolute atomic E-state index is 0.175. The van der Waals surface area contributed by atoms with Crippen LogP contribution in [0, 0.1) is 5.41 Å². The van der Waals surface area contributed by atoms with E-state index in [1.54, 1.807) is 0 Å². The van der Waals surface area contributed by atoms with E-state index in [1.165, 1.54) is 7.85 Å². The van der Waals surface area contributed by atoms with Gasteiger partial charge in [-0.2, -0.15) is 0 Å². The summed E-state index contributed by atoms with van der Waals surface area (Å²) in [6.45, 7) is 7.02. The predicted molar refractivity (Wildman–Crippen MR) is 53.2 cm³/mol. The van der Waals surface area contributed by atoms with Crippen molar-refractivity contribution in [1.29, 1.82) is 0 Å². The Morgan fingerprint density at radius 2 is 2.08 bits per heavy atom. The number of hydrogen-bond acceptors (Lipinski definition) is 2. The summed E-state index contributed by atoms with van der Waals surface area (Å²) in [6, 6.07) is 0. The second kappa shape index (κ2) is 5.23. The molecule has 0 aromatic rings. The lowest BCUT2D eigenvalue weighted by atomic mass is 9.84. The third kappa shape index (κ3) is 4.42. The van der Waals surface area contributed by atoms with E-state index in [-0.39, 0.29) is 11.3 Å². The first-order chi connectivity index (χ1) is 5.54. The van der Waals surface area contributed by atoms with E-state index in [0.29, 0.717) is 6.61 Å². The molecule has 0 spiro atoms. The van der Waals surface area contributed by atoms with Crippen LogP contribution in [0.2, 0.25) is 0 Å². The first-order valence-electron chi connectivity index (χ1n) is 4.67. The average Bonchev–Trinajstić information content (AvgIpc) is 2.02. The van der Waals surface area contributed by atoms with Crippen LogP contribution in [-0.4, -0.2) is 20.3 Å². The minimum Gasteiger partial charge on any atom is -0.474 e. The van der Waals surface area contributed by atoms with Gasteiger partial charge in [0.1, 0.15) is 0 Å². The topological polar surface area (TPSA) is 26.3 Å². The van der Waals surface area contributed by atoms with Crippen LogP contribution >= 0.6 is 0 Å². The summed E-state index contributed by atoms with van der Waals surface area (Å²) >= 11 is 0. The number of ether oxygens (including phenoxy) is 1. The Morgan fingerprint density at radius 1 is 1.50 bits per heavy atom. The molecule has 0 amide bonds. The first kappa shape index (κ1) is 11.5. The quantitative estimate of drug-likeness (QED) is 0.589. The molecule has 3 heteroatoms. The lowest BCUT2D eigenvalue weighted by Crippen LogP contribution is -2.23. The van der Waals surface area contributed by atoms with Gasteiger partial charge in [0.15, 0.2) is 0 Å². The van der Waals surface area contributed by atoms with Crippen molar-refractivity contribution in [2.75, 3.05) is 6.61 Å². The maximum absolute atomic E-state index is 10.6. The third-order valence-electron chi connectivity index (χ3n) is 2.33. The summed E-state index contributed by atoms with van der Waals surface area (Å²) in [5, 5.41) is 0. The van der Waals surface area contributed by atoms with Gasteiger partial charge in [0, 0.05) is 5.41 Å². The van der Waals surface area contributed by atoms with Gasteiger partial charge in [-0.1, -0.05) is 27.2 Å². The van der Waals surface area contributed by atoms with Gasteiger partial charge in [-0.25, -0.2) is 0 Å². The summed E-state index contributed by atoms with van der Waals surface area (Å²) in [5.74, 6) is -0.175. The van der Waals surface area contributed by atoms with Crippen molar-refractivity contribution in [2.45, 2.75) is 40.0 Å². The molecule has 0 saturated carbocycles. The maximum atomic E-state index is 10.6. The Bertz CT molecular complexity index is 147. The monoisotopic (exact) mass is 170 g/mol. The Labute approximate surface area is 76.1 Å². The number of hydrogen-bond donors (Lipinski definition) is 0. The fraction of sp³-hybridized carbons (Fsp3) is 0.889. The zero-order chi connectivity index (χ0) is 9.61. The van der Waals surface area contributed by atoms with Crippen LogP contribution in [0.25, 0.3) is 0 Å². The van der Waals surface area contributed by atoms with Crippen LogP contribution in [0.3, 0.4) is 0 Å². The van der Waals surface area contributed by atoms with Crippen molar-refractivity contribution >= 4 is 13.7 Å². The molecule has 0 rings (SSSR count). The van der Waals surface area contributed by atoms with Crippen LogP contribution in [0.15, 0.2) is 0 Å². The van der Waals surface area contributed by atoms with Crippen molar-refractivity contribution in [2.24, 2.45) is 5.41 Å². The molecule has 12 heavy (non-hydrogen) atoms. The Morgan fingerprint density at radius 3 is 2.42 bits per heavy atom. The molecular formula is C9H19BO2. The van der Waals surface area contributed by atoms with E-state index >= 15 is 0 Å². The van der Waals surface area contributed by atoms with Gasteiger partial charge in [-0.3, -0.25) is 4.79 Å². The largest absolute Gasteiger partial charge is 0.474 e. The highest BCUT2D eigenvalue weighted by Gasteiger charge is 2.22. The highest BCUT2D eigenvalue weighted by Crippen LogP contribution is 2.27. The van der Waals surface area contributed by atoms with E-state index in [9.17, 15) is 4.79 Å². The van der Waals surface area contributed by atoms with Gasteiger partial charge in [0.2, 0.25) is 13.7 Å². The molecule has 0 aliphatic heterocycles. The third-order valence-corrected chi connectivity index (χ3v) is 2.33. The van der Waals surface area contributed by atoms with Gasteiger partial charge in [-0.05, 0) is 12.8 Å². The second-order valence-electron chi connectivity index (χ2n) is 3.69.